The van der Waals surface area contributed by atoms with Crippen molar-refractivity contribution in [2.45, 2.75) is 41.5 Å². The Kier molecular flexibility index (Phi) is 7.99. The van der Waals surface area contributed by atoms with E-state index in [1.54, 1.807) is 0 Å². The zero-order valence-electron chi connectivity index (χ0n) is 18.2. The SMILES string of the molecule is Cc1ccc(NC(=S)NCC(C)(C)CNC(=S)Nc2ccc(C)cc2C)c(C)c1. The van der Waals surface area contributed by atoms with Crippen molar-refractivity contribution in [3.63, 3.8) is 0 Å². The molecule has 156 valence electrons. The maximum atomic E-state index is 5.46. The van der Waals surface area contributed by atoms with Gasteiger partial charge in [0.15, 0.2) is 10.2 Å². The Hall–Kier alpha value is -2.18. The van der Waals surface area contributed by atoms with Crippen molar-refractivity contribution in [3.05, 3.63) is 58.7 Å². The van der Waals surface area contributed by atoms with Gasteiger partial charge in [-0.15, -0.1) is 0 Å². The molecule has 0 amide bonds. The van der Waals surface area contributed by atoms with E-state index in [1.807, 2.05) is 0 Å². The third-order valence-corrected chi connectivity index (χ3v) is 5.21. The van der Waals surface area contributed by atoms with Gasteiger partial charge in [-0.05, 0) is 80.8 Å². The second-order valence-corrected chi connectivity index (χ2v) is 9.23. The van der Waals surface area contributed by atoms with Crippen LogP contribution in [0.5, 0.6) is 0 Å². The van der Waals surface area contributed by atoms with Crippen LogP contribution >= 0.6 is 24.4 Å². The molecule has 0 unspecified atom stereocenters. The fourth-order valence-corrected chi connectivity index (χ4v) is 3.31. The molecule has 4 nitrogen and oxygen atoms in total. The lowest BCUT2D eigenvalue weighted by Crippen LogP contribution is -2.44. The quantitative estimate of drug-likeness (QED) is 0.473. The number of hydrogen-bond donors (Lipinski definition) is 4. The van der Waals surface area contributed by atoms with Crippen molar-refractivity contribution in [3.8, 4) is 0 Å². The van der Waals surface area contributed by atoms with Gasteiger partial charge in [0.05, 0.1) is 0 Å². The Morgan fingerprint density at radius 1 is 0.724 bits per heavy atom. The van der Waals surface area contributed by atoms with Gasteiger partial charge >= 0.3 is 0 Å². The highest BCUT2D eigenvalue weighted by atomic mass is 32.1. The van der Waals surface area contributed by atoms with E-state index >= 15 is 0 Å². The van der Waals surface area contributed by atoms with Gasteiger partial charge in [0.25, 0.3) is 0 Å². The van der Waals surface area contributed by atoms with Crippen molar-refractivity contribution in [1.82, 2.24) is 10.6 Å². The van der Waals surface area contributed by atoms with Crippen molar-refractivity contribution < 1.29 is 0 Å². The molecule has 0 radical (unpaired) electrons. The van der Waals surface area contributed by atoms with E-state index in [1.165, 1.54) is 22.3 Å². The minimum absolute atomic E-state index is 0.0396. The average Bonchev–Trinajstić information content (AvgIpc) is 2.63. The number of aryl methyl sites for hydroxylation is 4. The maximum Gasteiger partial charge on any atom is 0.170 e. The van der Waals surface area contributed by atoms with E-state index in [2.05, 4.69) is 99.2 Å². The van der Waals surface area contributed by atoms with E-state index < -0.39 is 0 Å². The Bertz CT molecular complexity index is 819. The molecule has 0 saturated carbocycles. The van der Waals surface area contributed by atoms with Crippen LogP contribution < -0.4 is 21.3 Å². The summed E-state index contributed by atoms with van der Waals surface area (Å²) >= 11 is 10.9. The number of rotatable bonds is 6. The first-order valence-electron chi connectivity index (χ1n) is 9.80. The second kappa shape index (κ2) is 10.0. The van der Waals surface area contributed by atoms with Gasteiger partial charge in [-0.25, -0.2) is 0 Å². The highest BCUT2D eigenvalue weighted by Gasteiger charge is 2.19. The van der Waals surface area contributed by atoms with Crippen LogP contribution in [0.2, 0.25) is 0 Å². The third kappa shape index (κ3) is 7.63. The molecule has 2 rings (SSSR count). The molecule has 0 saturated heterocycles. The third-order valence-electron chi connectivity index (χ3n) is 4.72. The zero-order valence-corrected chi connectivity index (χ0v) is 19.8. The molecule has 6 heteroatoms. The summed E-state index contributed by atoms with van der Waals surface area (Å²) in [5.74, 6) is 0. The largest absolute Gasteiger partial charge is 0.362 e. The van der Waals surface area contributed by atoms with Crippen molar-refractivity contribution in [1.29, 1.82) is 0 Å². The topological polar surface area (TPSA) is 48.1 Å². The minimum atomic E-state index is -0.0396. The van der Waals surface area contributed by atoms with Crippen LogP contribution in [0.4, 0.5) is 11.4 Å². The Morgan fingerprint density at radius 3 is 1.45 bits per heavy atom. The predicted molar refractivity (Wildman–Crippen MR) is 134 cm³/mol. The lowest BCUT2D eigenvalue weighted by atomic mass is 9.93. The van der Waals surface area contributed by atoms with Crippen LogP contribution in [-0.4, -0.2) is 23.3 Å². The van der Waals surface area contributed by atoms with E-state index in [9.17, 15) is 0 Å². The van der Waals surface area contributed by atoms with Gasteiger partial charge in [0, 0.05) is 24.5 Å². The van der Waals surface area contributed by atoms with Crippen molar-refractivity contribution >= 4 is 46.0 Å². The molecule has 0 aliphatic carbocycles. The zero-order chi connectivity index (χ0) is 21.6. The molecular weight excluding hydrogens is 396 g/mol. The summed E-state index contributed by atoms with van der Waals surface area (Å²) < 4.78 is 0. The molecule has 0 bridgehead atoms. The highest BCUT2D eigenvalue weighted by Crippen LogP contribution is 2.18. The first kappa shape index (κ1) is 23.1. The lowest BCUT2D eigenvalue weighted by molar-refractivity contribution is 0.362. The number of benzene rings is 2. The van der Waals surface area contributed by atoms with E-state index in [-0.39, 0.29) is 5.41 Å². The van der Waals surface area contributed by atoms with Gasteiger partial charge < -0.3 is 21.3 Å². The molecule has 2 aromatic carbocycles. The lowest BCUT2D eigenvalue weighted by Gasteiger charge is -2.27. The summed E-state index contributed by atoms with van der Waals surface area (Å²) in [6, 6.07) is 12.6. The minimum Gasteiger partial charge on any atom is -0.362 e. The maximum absolute atomic E-state index is 5.46. The summed E-state index contributed by atoms with van der Waals surface area (Å²) in [5.41, 5.74) is 6.86. The average molecular weight is 429 g/mol. The van der Waals surface area contributed by atoms with Gasteiger partial charge in [-0.2, -0.15) is 0 Å². The molecule has 0 aliphatic rings. The molecule has 4 N–H and O–H groups in total. The van der Waals surface area contributed by atoms with Crippen molar-refractivity contribution in [2.24, 2.45) is 5.41 Å². The van der Waals surface area contributed by atoms with Crippen LogP contribution in [-0.2, 0) is 0 Å². The smallest absolute Gasteiger partial charge is 0.170 e. The molecule has 0 atom stereocenters. The van der Waals surface area contributed by atoms with Crippen LogP contribution in [0, 0.1) is 33.1 Å². The fourth-order valence-electron chi connectivity index (χ4n) is 2.94. The van der Waals surface area contributed by atoms with Crippen LogP contribution in [0.25, 0.3) is 0 Å². The first-order chi connectivity index (χ1) is 13.6. The fraction of sp³-hybridized carbons (Fsp3) is 0.391. The normalized spacial score (nSPS) is 11.0. The van der Waals surface area contributed by atoms with E-state index in [0.717, 1.165) is 24.5 Å². The van der Waals surface area contributed by atoms with Gasteiger partial charge in [0.1, 0.15) is 0 Å². The molecule has 29 heavy (non-hydrogen) atoms. The van der Waals surface area contributed by atoms with Crippen LogP contribution in [0.15, 0.2) is 36.4 Å². The highest BCUT2D eigenvalue weighted by molar-refractivity contribution is 7.80. The molecule has 2 aromatic rings. The molecule has 0 aliphatic heterocycles. The Morgan fingerprint density at radius 2 is 1.10 bits per heavy atom. The summed E-state index contributed by atoms with van der Waals surface area (Å²) in [6.45, 7) is 14.1. The number of nitrogens with one attached hydrogen (secondary N) is 4. The number of anilines is 2. The Labute approximate surface area is 185 Å². The standard InChI is InChI=1S/C23H32N4S2/c1-15-7-9-19(17(3)11-15)26-21(28)24-13-23(5,6)14-25-22(29)27-20-10-8-16(2)12-18(20)4/h7-12H,13-14H2,1-6H3,(H2,24,26,28)(H2,25,27,29). The summed E-state index contributed by atoms with van der Waals surface area (Å²) in [6.07, 6.45) is 0. The number of thiocarbonyl (C=S) groups is 2. The monoisotopic (exact) mass is 428 g/mol. The molecule has 0 heterocycles. The first-order valence-corrected chi connectivity index (χ1v) is 10.6. The predicted octanol–water partition coefficient (Wildman–Crippen LogP) is 5.22. The molecule has 0 fully saturated rings. The molecule has 0 aromatic heterocycles. The summed E-state index contributed by atoms with van der Waals surface area (Å²) in [7, 11) is 0. The van der Waals surface area contributed by atoms with E-state index in [0.29, 0.717) is 10.2 Å². The second-order valence-electron chi connectivity index (χ2n) is 8.42. The van der Waals surface area contributed by atoms with Crippen LogP contribution in [0.3, 0.4) is 0 Å². The molecule has 0 spiro atoms. The van der Waals surface area contributed by atoms with Gasteiger partial charge in [0.2, 0.25) is 0 Å². The van der Waals surface area contributed by atoms with Gasteiger partial charge in [-0.3, -0.25) is 0 Å². The number of hydrogen-bond acceptors (Lipinski definition) is 2. The summed E-state index contributed by atoms with van der Waals surface area (Å²) in [4.78, 5) is 0. The van der Waals surface area contributed by atoms with E-state index in [4.69, 9.17) is 24.4 Å². The molecular formula is C23H32N4S2. The Balaban J connectivity index is 1.79. The van der Waals surface area contributed by atoms with Crippen LogP contribution in [0.1, 0.15) is 36.1 Å². The van der Waals surface area contributed by atoms with Gasteiger partial charge in [-0.1, -0.05) is 49.2 Å². The summed E-state index contributed by atoms with van der Waals surface area (Å²) in [5, 5.41) is 14.4. The van der Waals surface area contributed by atoms with Crippen molar-refractivity contribution in [2.75, 3.05) is 23.7 Å².